The molecule has 0 fully saturated rings. The number of esters is 1. The molecule has 0 radical (unpaired) electrons. The monoisotopic (exact) mass is 307 g/mol. The average Bonchev–Trinajstić information content (AvgIpc) is 2.97. The molecule has 110 valence electrons. The van der Waals surface area contributed by atoms with E-state index in [1.807, 2.05) is 13.0 Å². The summed E-state index contributed by atoms with van der Waals surface area (Å²) in [4.78, 5) is 23.3. The van der Waals surface area contributed by atoms with E-state index in [2.05, 4.69) is 5.32 Å². The molecular formula is C15H14ClNO4. The first-order valence-electron chi connectivity index (χ1n) is 6.35. The fraction of sp³-hybridized carbons (Fsp3) is 0.200. The van der Waals surface area contributed by atoms with Gasteiger partial charge in [0.05, 0.1) is 17.7 Å². The molecule has 1 heterocycles. The van der Waals surface area contributed by atoms with Crippen molar-refractivity contribution in [2.24, 2.45) is 0 Å². The Morgan fingerprint density at radius 2 is 2.14 bits per heavy atom. The van der Waals surface area contributed by atoms with Crippen LogP contribution in [0.2, 0.25) is 5.02 Å². The SMILES string of the molecule is Cc1ccc(Cl)c(OC(=O)CCNC(=O)c2ccco2)c1. The zero-order chi connectivity index (χ0) is 15.2. The fourth-order valence-corrected chi connectivity index (χ4v) is 1.79. The molecule has 1 aromatic heterocycles. The standard InChI is InChI=1S/C15H14ClNO4/c1-10-4-5-11(16)13(9-10)21-14(18)6-7-17-15(19)12-3-2-8-20-12/h2-5,8-9H,6-7H2,1H3,(H,17,19). The number of aryl methyl sites for hydroxylation is 1. The van der Waals surface area contributed by atoms with Gasteiger partial charge in [-0.1, -0.05) is 17.7 Å². The lowest BCUT2D eigenvalue weighted by atomic mass is 10.2. The minimum atomic E-state index is -0.470. The predicted octanol–water partition coefficient (Wildman–Crippen LogP) is 2.97. The highest BCUT2D eigenvalue weighted by Crippen LogP contribution is 2.25. The first-order valence-corrected chi connectivity index (χ1v) is 6.72. The molecular weight excluding hydrogens is 294 g/mol. The van der Waals surface area contributed by atoms with Crippen LogP contribution in [0.3, 0.4) is 0 Å². The van der Waals surface area contributed by atoms with Gasteiger partial charge in [-0.05, 0) is 36.8 Å². The predicted molar refractivity (Wildman–Crippen MR) is 77.5 cm³/mol. The Morgan fingerprint density at radius 3 is 2.86 bits per heavy atom. The number of carbonyl (C=O) groups excluding carboxylic acids is 2. The Labute approximate surface area is 126 Å². The highest BCUT2D eigenvalue weighted by atomic mass is 35.5. The summed E-state index contributed by atoms with van der Waals surface area (Å²) in [6, 6.07) is 8.33. The van der Waals surface area contributed by atoms with E-state index in [1.54, 1.807) is 24.3 Å². The van der Waals surface area contributed by atoms with Crippen LogP contribution in [0.5, 0.6) is 5.75 Å². The average molecular weight is 308 g/mol. The van der Waals surface area contributed by atoms with Gasteiger partial charge in [-0.2, -0.15) is 0 Å². The van der Waals surface area contributed by atoms with Crippen LogP contribution in [0.4, 0.5) is 0 Å². The highest BCUT2D eigenvalue weighted by Gasteiger charge is 2.11. The molecule has 0 spiro atoms. The van der Waals surface area contributed by atoms with Gasteiger partial charge >= 0.3 is 5.97 Å². The van der Waals surface area contributed by atoms with Crippen molar-refractivity contribution in [3.8, 4) is 5.75 Å². The minimum Gasteiger partial charge on any atom is -0.459 e. The minimum absolute atomic E-state index is 0.0384. The molecule has 2 aromatic rings. The second-order valence-corrected chi connectivity index (χ2v) is 4.80. The normalized spacial score (nSPS) is 10.2. The number of carbonyl (C=O) groups is 2. The Balaban J connectivity index is 1.80. The Hall–Kier alpha value is -2.27. The third kappa shape index (κ3) is 4.36. The van der Waals surface area contributed by atoms with Gasteiger partial charge in [0.25, 0.3) is 5.91 Å². The maximum atomic E-state index is 11.7. The van der Waals surface area contributed by atoms with E-state index in [1.165, 1.54) is 6.26 Å². The van der Waals surface area contributed by atoms with Gasteiger partial charge in [-0.15, -0.1) is 0 Å². The van der Waals surface area contributed by atoms with Crippen molar-refractivity contribution in [3.63, 3.8) is 0 Å². The van der Waals surface area contributed by atoms with Crippen molar-refractivity contribution >= 4 is 23.5 Å². The number of ether oxygens (including phenoxy) is 1. The second-order valence-electron chi connectivity index (χ2n) is 4.39. The summed E-state index contributed by atoms with van der Waals surface area (Å²) in [5.41, 5.74) is 0.938. The molecule has 0 aliphatic rings. The number of amides is 1. The molecule has 1 amide bonds. The lowest BCUT2D eigenvalue weighted by Gasteiger charge is -2.07. The van der Waals surface area contributed by atoms with Crippen LogP contribution in [-0.2, 0) is 4.79 Å². The number of nitrogens with one attached hydrogen (secondary N) is 1. The molecule has 0 bridgehead atoms. The van der Waals surface area contributed by atoms with Gasteiger partial charge in [0.15, 0.2) is 5.76 Å². The van der Waals surface area contributed by atoms with Gasteiger partial charge in [-0.25, -0.2) is 0 Å². The topological polar surface area (TPSA) is 68.5 Å². The van der Waals surface area contributed by atoms with E-state index in [4.69, 9.17) is 20.8 Å². The third-order valence-electron chi connectivity index (χ3n) is 2.67. The van der Waals surface area contributed by atoms with Crippen molar-refractivity contribution in [1.29, 1.82) is 0 Å². The highest BCUT2D eigenvalue weighted by molar-refractivity contribution is 6.32. The molecule has 0 aliphatic carbocycles. The Bertz CT molecular complexity index is 637. The van der Waals surface area contributed by atoms with Crippen molar-refractivity contribution < 1.29 is 18.7 Å². The van der Waals surface area contributed by atoms with E-state index in [0.717, 1.165) is 5.56 Å². The smallest absolute Gasteiger partial charge is 0.313 e. The molecule has 0 aliphatic heterocycles. The molecule has 0 atom stereocenters. The maximum absolute atomic E-state index is 11.7. The van der Waals surface area contributed by atoms with Crippen molar-refractivity contribution in [1.82, 2.24) is 5.32 Å². The van der Waals surface area contributed by atoms with Crippen LogP contribution in [0.25, 0.3) is 0 Å². The van der Waals surface area contributed by atoms with Crippen LogP contribution in [0.1, 0.15) is 22.5 Å². The quantitative estimate of drug-likeness (QED) is 0.681. The number of rotatable bonds is 5. The van der Waals surface area contributed by atoms with E-state index in [0.29, 0.717) is 10.8 Å². The molecule has 5 nitrogen and oxygen atoms in total. The lowest BCUT2D eigenvalue weighted by molar-refractivity contribution is -0.134. The van der Waals surface area contributed by atoms with Crippen LogP contribution < -0.4 is 10.1 Å². The zero-order valence-electron chi connectivity index (χ0n) is 11.4. The summed E-state index contributed by atoms with van der Waals surface area (Å²) in [6.45, 7) is 2.03. The molecule has 0 unspecified atom stereocenters. The molecule has 2 rings (SSSR count). The third-order valence-corrected chi connectivity index (χ3v) is 2.98. The van der Waals surface area contributed by atoms with Crippen molar-refractivity contribution in [2.75, 3.05) is 6.54 Å². The summed E-state index contributed by atoms with van der Waals surface area (Å²) < 4.78 is 10.1. The number of furan rings is 1. The van der Waals surface area contributed by atoms with Gasteiger partial charge in [0.1, 0.15) is 5.75 Å². The molecule has 1 N–H and O–H groups in total. The number of halogens is 1. The molecule has 0 saturated heterocycles. The van der Waals surface area contributed by atoms with Crippen LogP contribution >= 0.6 is 11.6 Å². The number of hydrogen-bond acceptors (Lipinski definition) is 4. The van der Waals surface area contributed by atoms with Gasteiger partial charge in [-0.3, -0.25) is 9.59 Å². The molecule has 21 heavy (non-hydrogen) atoms. The summed E-state index contributed by atoms with van der Waals surface area (Å²) >= 11 is 5.93. The molecule has 0 saturated carbocycles. The maximum Gasteiger partial charge on any atom is 0.313 e. The Kier molecular flexibility index (Phi) is 5.00. The van der Waals surface area contributed by atoms with E-state index in [9.17, 15) is 9.59 Å². The van der Waals surface area contributed by atoms with Gasteiger partial charge in [0, 0.05) is 6.54 Å². The van der Waals surface area contributed by atoms with Crippen molar-refractivity contribution in [2.45, 2.75) is 13.3 Å². The summed E-state index contributed by atoms with van der Waals surface area (Å²) in [6.07, 6.45) is 1.44. The van der Waals surface area contributed by atoms with E-state index < -0.39 is 5.97 Å². The van der Waals surface area contributed by atoms with Crippen LogP contribution in [0.15, 0.2) is 41.0 Å². The van der Waals surface area contributed by atoms with E-state index >= 15 is 0 Å². The number of benzene rings is 1. The second kappa shape index (κ2) is 6.95. The largest absolute Gasteiger partial charge is 0.459 e. The lowest BCUT2D eigenvalue weighted by Crippen LogP contribution is -2.26. The van der Waals surface area contributed by atoms with Gasteiger partial charge < -0.3 is 14.5 Å². The molecule has 6 heteroatoms. The summed E-state index contributed by atoms with van der Waals surface area (Å²) in [5, 5.41) is 2.93. The van der Waals surface area contributed by atoms with Gasteiger partial charge in [0.2, 0.25) is 0 Å². The van der Waals surface area contributed by atoms with E-state index in [-0.39, 0.29) is 24.6 Å². The fourth-order valence-electron chi connectivity index (χ4n) is 1.64. The molecule has 1 aromatic carbocycles. The van der Waals surface area contributed by atoms with Crippen LogP contribution in [-0.4, -0.2) is 18.4 Å². The summed E-state index contributed by atoms with van der Waals surface area (Å²) in [5.74, 6) is -0.326. The van der Waals surface area contributed by atoms with Crippen LogP contribution in [0, 0.1) is 6.92 Å². The zero-order valence-corrected chi connectivity index (χ0v) is 12.1. The van der Waals surface area contributed by atoms with Crippen molar-refractivity contribution in [3.05, 3.63) is 52.9 Å². The first kappa shape index (κ1) is 15.1. The first-order chi connectivity index (χ1) is 10.1. The number of hydrogen-bond donors (Lipinski definition) is 1. The summed E-state index contributed by atoms with van der Waals surface area (Å²) in [7, 11) is 0. The Morgan fingerprint density at radius 1 is 1.33 bits per heavy atom.